The molecule has 2 N–H and O–H groups in total. The molecule has 0 fully saturated rings. The second-order valence-electron chi connectivity index (χ2n) is 8.52. The van der Waals surface area contributed by atoms with Gasteiger partial charge >= 0.3 is 18.3 Å². The molecule has 42 heavy (non-hydrogen) atoms. The van der Waals surface area contributed by atoms with Crippen LogP contribution in [0.4, 0.5) is 26.3 Å². The highest BCUT2D eigenvalue weighted by atomic mass is 35.5. The highest BCUT2D eigenvalue weighted by molar-refractivity contribution is 6.31. The van der Waals surface area contributed by atoms with Gasteiger partial charge in [-0.25, -0.2) is 4.79 Å². The minimum Gasteiger partial charge on any atom is -0.475 e. The number of aromatic amines is 1. The molecule has 0 spiro atoms. The number of carbonyl (C=O) groups is 1. The maximum atomic E-state index is 13.0. The summed E-state index contributed by atoms with van der Waals surface area (Å²) < 4.78 is 83.5. The van der Waals surface area contributed by atoms with E-state index < -0.39 is 23.9 Å². The number of benzene rings is 2. The molecule has 4 aromatic rings. The molecule has 0 radical (unpaired) electrons. The molecular formula is C26H21ClF6N4O5. The van der Waals surface area contributed by atoms with E-state index in [1.54, 1.807) is 48.4 Å². The van der Waals surface area contributed by atoms with Crippen LogP contribution in [0.1, 0.15) is 22.3 Å². The molecule has 0 amide bonds. The Morgan fingerprint density at radius 2 is 1.69 bits per heavy atom. The van der Waals surface area contributed by atoms with Crippen LogP contribution < -0.4 is 15.0 Å². The molecule has 224 valence electrons. The SMILES string of the molecule is Cn1cc(Cc2c[nH]c(OCCc3ccc(Oc4ccc(Cl)c(C(F)(F)F)c4)cc3)nc2=O)cn1.O=C(O)C(F)(F)F. The van der Waals surface area contributed by atoms with Crippen molar-refractivity contribution in [1.29, 1.82) is 0 Å². The van der Waals surface area contributed by atoms with Crippen LogP contribution in [-0.4, -0.2) is 43.6 Å². The Morgan fingerprint density at radius 1 is 1.05 bits per heavy atom. The Labute approximate surface area is 238 Å². The van der Waals surface area contributed by atoms with Gasteiger partial charge in [-0.3, -0.25) is 9.48 Å². The van der Waals surface area contributed by atoms with Gasteiger partial charge in [0.15, 0.2) is 0 Å². The van der Waals surface area contributed by atoms with E-state index >= 15 is 0 Å². The van der Waals surface area contributed by atoms with E-state index in [0.29, 0.717) is 24.2 Å². The maximum absolute atomic E-state index is 13.0. The molecule has 2 aromatic carbocycles. The van der Waals surface area contributed by atoms with Crippen molar-refractivity contribution < 1.29 is 45.7 Å². The summed E-state index contributed by atoms with van der Waals surface area (Å²) in [4.78, 5) is 27.9. The van der Waals surface area contributed by atoms with E-state index in [0.717, 1.165) is 23.3 Å². The number of nitrogens with one attached hydrogen (secondary N) is 1. The third-order valence-corrected chi connectivity index (χ3v) is 5.60. The van der Waals surface area contributed by atoms with Crippen LogP contribution in [0.5, 0.6) is 17.5 Å². The quantitative estimate of drug-likeness (QED) is 0.239. The van der Waals surface area contributed by atoms with E-state index in [-0.39, 0.29) is 28.9 Å². The molecule has 2 heterocycles. The number of rotatable bonds is 8. The molecule has 9 nitrogen and oxygen atoms in total. The van der Waals surface area contributed by atoms with Crippen molar-refractivity contribution in [2.75, 3.05) is 6.61 Å². The van der Waals surface area contributed by atoms with Gasteiger partial charge in [0.2, 0.25) is 0 Å². The van der Waals surface area contributed by atoms with Gasteiger partial charge < -0.3 is 19.6 Å². The Bertz CT molecular complexity index is 1570. The first-order chi connectivity index (χ1) is 19.6. The fourth-order valence-electron chi connectivity index (χ4n) is 3.30. The van der Waals surface area contributed by atoms with Gasteiger partial charge in [-0.2, -0.15) is 36.4 Å². The lowest BCUT2D eigenvalue weighted by Crippen LogP contribution is -2.21. The van der Waals surface area contributed by atoms with Gasteiger partial charge in [0, 0.05) is 37.8 Å². The number of carboxylic acids is 1. The predicted molar refractivity (Wildman–Crippen MR) is 137 cm³/mol. The van der Waals surface area contributed by atoms with Gasteiger partial charge in [-0.1, -0.05) is 23.7 Å². The van der Waals surface area contributed by atoms with Gasteiger partial charge in [-0.15, -0.1) is 0 Å². The van der Waals surface area contributed by atoms with E-state index in [1.807, 2.05) is 6.20 Å². The molecule has 0 aliphatic heterocycles. The Kier molecular flexibility index (Phi) is 10.2. The van der Waals surface area contributed by atoms with Crippen LogP contribution >= 0.6 is 11.6 Å². The number of aryl methyl sites for hydroxylation is 1. The largest absolute Gasteiger partial charge is 0.490 e. The zero-order valence-corrected chi connectivity index (χ0v) is 22.2. The molecule has 16 heteroatoms. The summed E-state index contributed by atoms with van der Waals surface area (Å²) in [5.74, 6) is -2.35. The zero-order valence-electron chi connectivity index (χ0n) is 21.5. The Balaban J connectivity index is 0.000000616. The molecule has 2 aromatic heterocycles. The van der Waals surface area contributed by atoms with Crippen molar-refractivity contribution in [3.8, 4) is 17.5 Å². The predicted octanol–water partition coefficient (Wildman–Crippen LogP) is 5.81. The lowest BCUT2D eigenvalue weighted by Gasteiger charge is -2.12. The molecule has 4 rings (SSSR count). The second kappa shape index (κ2) is 13.4. The number of alkyl halides is 6. The molecule has 0 aliphatic carbocycles. The summed E-state index contributed by atoms with van der Waals surface area (Å²) in [6.45, 7) is 0.261. The first-order valence-corrected chi connectivity index (χ1v) is 12.1. The van der Waals surface area contributed by atoms with Crippen molar-refractivity contribution in [3.63, 3.8) is 0 Å². The average molecular weight is 619 g/mol. The summed E-state index contributed by atoms with van der Waals surface area (Å²) in [5, 5.41) is 10.8. The van der Waals surface area contributed by atoms with Crippen molar-refractivity contribution >= 4 is 17.6 Å². The van der Waals surface area contributed by atoms with Crippen molar-refractivity contribution in [2.24, 2.45) is 7.05 Å². The zero-order chi connectivity index (χ0) is 31.1. The topological polar surface area (TPSA) is 119 Å². The monoisotopic (exact) mass is 618 g/mol. The molecule has 0 atom stereocenters. The third kappa shape index (κ3) is 9.54. The number of hydrogen-bond donors (Lipinski definition) is 2. The number of H-pyrrole nitrogens is 1. The van der Waals surface area contributed by atoms with E-state index in [4.69, 9.17) is 31.0 Å². The lowest BCUT2D eigenvalue weighted by molar-refractivity contribution is -0.192. The molecular weight excluding hydrogens is 598 g/mol. The fourth-order valence-corrected chi connectivity index (χ4v) is 3.53. The van der Waals surface area contributed by atoms with Crippen LogP contribution in [0.25, 0.3) is 0 Å². The summed E-state index contributed by atoms with van der Waals surface area (Å²) in [6.07, 6.45) is -3.63. The first kappa shape index (κ1) is 32.0. The lowest BCUT2D eigenvalue weighted by atomic mass is 10.1. The van der Waals surface area contributed by atoms with E-state index in [2.05, 4.69) is 15.1 Å². The number of halogens is 7. The van der Waals surface area contributed by atoms with Crippen LogP contribution in [-0.2, 0) is 30.9 Å². The standard InChI is InChI=1S/C24H20ClF3N4O3.C2HF3O2/c1-32-14-16(12-30-32)10-17-13-29-23(31-22(17)33)34-9-8-15-2-4-18(5-3-15)35-19-6-7-21(25)20(11-19)24(26,27)28;3-2(4,5)1(6)7/h2-7,11-14H,8-10H2,1H3,(H,29,31,33);(H,6,7). The number of carboxylic acid groups (broad SMARTS) is 1. The molecule has 0 saturated heterocycles. The molecule has 0 bridgehead atoms. The number of hydrogen-bond acceptors (Lipinski definition) is 6. The minimum absolute atomic E-state index is 0.0276. The summed E-state index contributed by atoms with van der Waals surface area (Å²) >= 11 is 5.63. The number of nitrogens with zero attached hydrogens (tertiary/aromatic N) is 3. The highest BCUT2D eigenvalue weighted by Crippen LogP contribution is 2.37. The van der Waals surface area contributed by atoms with Crippen LogP contribution in [0.15, 0.2) is 65.8 Å². The van der Waals surface area contributed by atoms with E-state index in [1.165, 1.54) is 6.07 Å². The molecule has 0 aliphatic rings. The second-order valence-corrected chi connectivity index (χ2v) is 8.93. The third-order valence-electron chi connectivity index (χ3n) is 5.27. The maximum Gasteiger partial charge on any atom is 0.490 e. The Hall–Kier alpha value is -4.53. The van der Waals surface area contributed by atoms with Gasteiger partial charge in [0.25, 0.3) is 11.6 Å². The number of ether oxygens (including phenoxy) is 2. The van der Waals surface area contributed by atoms with Crippen LogP contribution in [0, 0.1) is 0 Å². The van der Waals surface area contributed by atoms with Gasteiger partial charge in [0.05, 0.1) is 23.4 Å². The smallest absolute Gasteiger partial charge is 0.475 e. The fraction of sp³-hybridized carbons (Fsp3) is 0.231. The van der Waals surface area contributed by atoms with Crippen LogP contribution in [0.2, 0.25) is 5.02 Å². The molecule has 0 saturated carbocycles. The van der Waals surface area contributed by atoms with Gasteiger partial charge in [0.1, 0.15) is 11.5 Å². The van der Waals surface area contributed by atoms with Crippen molar-refractivity contribution in [1.82, 2.24) is 19.7 Å². The molecule has 0 unspecified atom stereocenters. The van der Waals surface area contributed by atoms with Gasteiger partial charge in [-0.05, 0) is 41.5 Å². The van der Waals surface area contributed by atoms with Crippen molar-refractivity contribution in [2.45, 2.75) is 25.2 Å². The Morgan fingerprint density at radius 3 is 2.24 bits per heavy atom. The summed E-state index contributed by atoms with van der Waals surface area (Å²) in [6, 6.07) is 10.3. The summed E-state index contributed by atoms with van der Waals surface area (Å²) in [7, 11) is 1.80. The normalized spacial score (nSPS) is 11.4. The van der Waals surface area contributed by atoms with Crippen LogP contribution in [0.3, 0.4) is 0 Å². The number of aromatic nitrogens is 4. The van der Waals surface area contributed by atoms with E-state index in [9.17, 15) is 31.1 Å². The minimum atomic E-state index is -5.08. The number of aliphatic carboxylic acids is 1. The summed E-state index contributed by atoms with van der Waals surface area (Å²) in [5.41, 5.74) is 0.976. The first-order valence-electron chi connectivity index (χ1n) is 11.7. The average Bonchev–Trinajstić information content (AvgIpc) is 3.31. The highest BCUT2D eigenvalue weighted by Gasteiger charge is 2.38. The van der Waals surface area contributed by atoms with Crippen molar-refractivity contribution in [3.05, 3.63) is 98.7 Å².